The van der Waals surface area contributed by atoms with Crippen LogP contribution in [-0.2, 0) is 16.8 Å². The highest BCUT2D eigenvalue weighted by atomic mass is 16.5. The third-order valence-electron chi connectivity index (χ3n) is 5.66. The van der Waals surface area contributed by atoms with Crippen LogP contribution in [0.5, 0.6) is 0 Å². The van der Waals surface area contributed by atoms with Gasteiger partial charge in [0.1, 0.15) is 11.3 Å². The molecule has 7 nitrogen and oxygen atoms in total. The van der Waals surface area contributed by atoms with E-state index in [2.05, 4.69) is 15.0 Å². The zero-order valence-electron chi connectivity index (χ0n) is 15.5. The molecule has 0 atom stereocenters. The molecule has 4 heterocycles. The number of carbonyl (C=O) groups excluding carboxylic acids is 1. The molecule has 0 bridgehead atoms. The number of likely N-dealkylation sites (tertiary alicyclic amines) is 1. The van der Waals surface area contributed by atoms with Gasteiger partial charge < -0.3 is 14.6 Å². The first-order valence-corrected chi connectivity index (χ1v) is 9.59. The molecule has 0 aliphatic carbocycles. The van der Waals surface area contributed by atoms with E-state index in [4.69, 9.17) is 9.72 Å². The first-order chi connectivity index (χ1) is 13.8. The summed E-state index contributed by atoms with van der Waals surface area (Å²) in [7, 11) is 0. The fraction of sp³-hybridized carbons (Fsp3) is 0.333. The molecule has 1 fully saturated rings. The SMILES string of the molecule is O=C(c1cnc[nH]1)N1CCC2(CC1)OCCc1cnc(-c3ccccc3)nc12. The van der Waals surface area contributed by atoms with Gasteiger partial charge in [-0.1, -0.05) is 30.3 Å². The molecule has 1 aromatic carbocycles. The van der Waals surface area contributed by atoms with Gasteiger partial charge in [-0.25, -0.2) is 15.0 Å². The van der Waals surface area contributed by atoms with Gasteiger partial charge in [-0.15, -0.1) is 0 Å². The van der Waals surface area contributed by atoms with Gasteiger partial charge in [-0.2, -0.15) is 0 Å². The molecule has 5 rings (SSSR count). The number of H-pyrrole nitrogens is 1. The fourth-order valence-corrected chi connectivity index (χ4v) is 4.13. The van der Waals surface area contributed by atoms with Crippen molar-refractivity contribution in [3.8, 4) is 11.4 Å². The molecule has 0 radical (unpaired) electrons. The van der Waals surface area contributed by atoms with E-state index in [1.165, 1.54) is 6.33 Å². The second-order valence-electron chi connectivity index (χ2n) is 7.28. The molecule has 142 valence electrons. The lowest BCUT2D eigenvalue weighted by Gasteiger charge is -2.44. The molecule has 1 amide bonds. The van der Waals surface area contributed by atoms with Crippen LogP contribution in [0.2, 0.25) is 0 Å². The average Bonchev–Trinajstić information content (AvgIpc) is 3.30. The van der Waals surface area contributed by atoms with Crippen LogP contribution in [0.1, 0.15) is 34.6 Å². The summed E-state index contributed by atoms with van der Waals surface area (Å²) in [6.45, 7) is 1.92. The van der Waals surface area contributed by atoms with E-state index in [0.29, 0.717) is 25.4 Å². The van der Waals surface area contributed by atoms with Gasteiger partial charge in [0.25, 0.3) is 5.91 Å². The number of rotatable bonds is 2. The van der Waals surface area contributed by atoms with Crippen LogP contribution >= 0.6 is 0 Å². The molecule has 1 saturated heterocycles. The highest BCUT2D eigenvalue weighted by Crippen LogP contribution is 2.41. The molecule has 2 aliphatic rings. The summed E-state index contributed by atoms with van der Waals surface area (Å²) in [6, 6.07) is 10.0. The van der Waals surface area contributed by atoms with Gasteiger partial charge in [-0.3, -0.25) is 4.79 Å². The number of carbonyl (C=O) groups is 1. The second-order valence-corrected chi connectivity index (χ2v) is 7.28. The highest BCUT2D eigenvalue weighted by Gasteiger charge is 2.43. The minimum atomic E-state index is -0.440. The van der Waals surface area contributed by atoms with Crippen molar-refractivity contribution in [1.29, 1.82) is 0 Å². The van der Waals surface area contributed by atoms with Gasteiger partial charge in [0, 0.05) is 24.8 Å². The normalized spacial score (nSPS) is 18.1. The molecular weight excluding hydrogens is 354 g/mol. The first kappa shape index (κ1) is 17.1. The molecule has 2 aliphatic heterocycles. The van der Waals surface area contributed by atoms with Crippen LogP contribution in [-0.4, -0.2) is 50.4 Å². The van der Waals surface area contributed by atoms with Crippen molar-refractivity contribution in [1.82, 2.24) is 24.8 Å². The Hall–Kier alpha value is -3.06. The monoisotopic (exact) mass is 375 g/mol. The number of amides is 1. The van der Waals surface area contributed by atoms with Crippen molar-refractivity contribution in [3.05, 3.63) is 66.0 Å². The van der Waals surface area contributed by atoms with Crippen molar-refractivity contribution in [3.63, 3.8) is 0 Å². The number of benzene rings is 1. The lowest BCUT2D eigenvalue weighted by atomic mass is 9.83. The fourth-order valence-electron chi connectivity index (χ4n) is 4.13. The van der Waals surface area contributed by atoms with Crippen molar-refractivity contribution in [2.45, 2.75) is 24.9 Å². The Morgan fingerprint density at radius 1 is 1.14 bits per heavy atom. The molecule has 3 aromatic rings. The van der Waals surface area contributed by atoms with E-state index < -0.39 is 5.60 Å². The minimum Gasteiger partial charge on any atom is -0.368 e. The number of nitrogens with zero attached hydrogens (tertiary/aromatic N) is 4. The van der Waals surface area contributed by atoms with Crippen molar-refractivity contribution in [2.24, 2.45) is 0 Å². The Labute approximate surface area is 162 Å². The topological polar surface area (TPSA) is 84.0 Å². The first-order valence-electron chi connectivity index (χ1n) is 9.59. The number of piperidine rings is 1. The maximum atomic E-state index is 12.6. The number of fused-ring (bicyclic) bond motifs is 2. The number of imidazole rings is 1. The number of aromatic amines is 1. The number of nitrogens with one attached hydrogen (secondary N) is 1. The van der Waals surface area contributed by atoms with Crippen molar-refractivity contribution in [2.75, 3.05) is 19.7 Å². The molecule has 0 unspecified atom stereocenters. The summed E-state index contributed by atoms with van der Waals surface area (Å²) in [4.78, 5) is 30.8. The van der Waals surface area contributed by atoms with Gasteiger partial charge in [0.05, 0.1) is 24.8 Å². The Morgan fingerprint density at radius 2 is 1.96 bits per heavy atom. The molecular formula is C21H21N5O2. The Morgan fingerprint density at radius 3 is 2.71 bits per heavy atom. The van der Waals surface area contributed by atoms with E-state index >= 15 is 0 Å². The number of hydrogen-bond donors (Lipinski definition) is 1. The Kier molecular flexibility index (Phi) is 4.16. The van der Waals surface area contributed by atoms with Crippen LogP contribution in [0.4, 0.5) is 0 Å². The molecule has 2 aromatic heterocycles. The van der Waals surface area contributed by atoms with Crippen LogP contribution < -0.4 is 0 Å². The summed E-state index contributed by atoms with van der Waals surface area (Å²) in [5.41, 5.74) is 3.22. The second kappa shape index (κ2) is 6.83. The Balaban J connectivity index is 1.43. The molecule has 1 N–H and O–H groups in total. The molecule has 28 heavy (non-hydrogen) atoms. The zero-order valence-corrected chi connectivity index (χ0v) is 15.5. The number of ether oxygens (including phenoxy) is 1. The summed E-state index contributed by atoms with van der Waals surface area (Å²) in [6.07, 6.45) is 7.32. The maximum Gasteiger partial charge on any atom is 0.271 e. The summed E-state index contributed by atoms with van der Waals surface area (Å²) >= 11 is 0. The van der Waals surface area contributed by atoms with Gasteiger partial charge >= 0.3 is 0 Å². The lowest BCUT2D eigenvalue weighted by Crippen LogP contribution is -2.49. The van der Waals surface area contributed by atoms with Gasteiger partial charge in [0.15, 0.2) is 5.82 Å². The van der Waals surface area contributed by atoms with Crippen LogP contribution in [0.3, 0.4) is 0 Å². The maximum absolute atomic E-state index is 12.6. The lowest BCUT2D eigenvalue weighted by molar-refractivity contribution is -0.0967. The van der Waals surface area contributed by atoms with Crippen LogP contribution in [0, 0.1) is 0 Å². The van der Waals surface area contributed by atoms with E-state index in [1.807, 2.05) is 41.4 Å². The smallest absolute Gasteiger partial charge is 0.271 e. The third kappa shape index (κ3) is 2.88. The van der Waals surface area contributed by atoms with Crippen molar-refractivity contribution >= 4 is 5.91 Å². The van der Waals surface area contributed by atoms with E-state index in [9.17, 15) is 4.79 Å². The standard InChI is InChI=1S/C21H21N5O2/c27-20(17-13-22-14-24-17)26-9-7-21(8-10-26)18-16(6-11-28-21)12-23-19(25-18)15-4-2-1-3-5-15/h1-5,12-14H,6-11H2,(H,22,24). The van der Waals surface area contributed by atoms with E-state index in [-0.39, 0.29) is 5.91 Å². The predicted octanol–water partition coefficient (Wildman–Crippen LogP) is 2.57. The van der Waals surface area contributed by atoms with E-state index in [0.717, 1.165) is 41.9 Å². The number of hydrogen-bond acceptors (Lipinski definition) is 5. The van der Waals surface area contributed by atoms with Gasteiger partial charge in [-0.05, 0) is 24.8 Å². The third-order valence-corrected chi connectivity index (χ3v) is 5.66. The van der Waals surface area contributed by atoms with E-state index in [1.54, 1.807) is 6.20 Å². The Bertz CT molecular complexity index is 979. The summed E-state index contributed by atoms with van der Waals surface area (Å²) in [5.74, 6) is 0.705. The molecule has 1 spiro atoms. The van der Waals surface area contributed by atoms with Gasteiger partial charge in [0.2, 0.25) is 0 Å². The molecule has 7 heteroatoms. The average molecular weight is 375 g/mol. The number of aromatic nitrogens is 4. The van der Waals surface area contributed by atoms with Crippen LogP contribution in [0.25, 0.3) is 11.4 Å². The predicted molar refractivity (Wildman–Crippen MR) is 103 cm³/mol. The largest absolute Gasteiger partial charge is 0.368 e. The van der Waals surface area contributed by atoms with Crippen LogP contribution in [0.15, 0.2) is 49.1 Å². The summed E-state index contributed by atoms with van der Waals surface area (Å²) in [5, 5.41) is 0. The quantitative estimate of drug-likeness (QED) is 0.744. The highest BCUT2D eigenvalue weighted by molar-refractivity contribution is 5.92. The zero-order chi connectivity index (χ0) is 19.0. The minimum absolute atomic E-state index is 0.0176. The van der Waals surface area contributed by atoms with Crippen molar-refractivity contribution < 1.29 is 9.53 Å². The molecule has 0 saturated carbocycles. The summed E-state index contributed by atoms with van der Waals surface area (Å²) < 4.78 is 6.29.